The van der Waals surface area contributed by atoms with Gasteiger partial charge in [-0.15, -0.1) is 0 Å². The molecule has 3 nitrogen and oxygen atoms in total. The van der Waals surface area contributed by atoms with E-state index in [4.69, 9.17) is 4.43 Å². The molecule has 0 heterocycles. The van der Waals surface area contributed by atoms with Crippen molar-refractivity contribution in [1.29, 1.82) is 0 Å². The molecule has 0 aliphatic heterocycles. The second-order valence-corrected chi connectivity index (χ2v) is 16.3. The second-order valence-electron chi connectivity index (χ2n) is 11.5. The first kappa shape index (κ1) is 23.5. The lowest BCUT2D eigenvalue weighted by Crippen LogP contribution is -2.48. The van der Waals surface area contributed by atoms with Gasteiger partial charge in [0, 0.05) is 17.8 Å². The minimum Gasteiger partial charge on any atom is -0.413 e. The Morgan fingerprint density at radius 1 is 1.18 bits per heavy atom. The third-order valence-corrected chi connectivity index (χ3v) is 12.4. The van der Waals surface area contributed by atoms with Gasteiger partial charge in [-0.3, -0.25) is 9.59 Å². The molecule has 0 aromatic rings. The fraction of sp³-hybridized carbons (Fsp3) is 0.833. The van der Waals surface area contributed by atoms with Crippen molar-refractivity contribution in [3.63, 3.8) is 0 Å². The molecule has 0 bridgehead atoms. The normalized spacial score (nSPS) is 34.5. The predicted octanol–water partition coefficient (Wildman–Crippen LogP) is 6.33. The zero-order valence-corrected chi connectivity index (χ0v) is 20.6. The summed E-state index contributed by atoms with van der Waals surface area (Å²) in [6, 6.07) is 0. The molecular formula is C24H42O3Si. The Morgan fingerprint density at radius 3 is 2.29 bits per heavy atom. The van der Waals surface area contributed by atoms with Gasteiger partial charge in [-0.1, -0.05) is 53.7 Å². The van der Waals surface area contributed by atoms with Gasteiger partial charge in [-0.05, 0) is 56.7 Å². The third kappa shape index (κ3) is 4.38. The van der Waals surface area contributed by atoms with Gasteiger partial charge in [0.1, 0.15) is 11.6 Å². The van der Waals surface area contributed by atoms with Crippen molar-refractivity contribution in [2.45, 2.75) is 105 Å². The van der Waals surface area contributed by atoms with Crippen LogP contribution in [0, 0.1) is 22.7 Å². The molecule has 0 spiro atoms. The minimum atomic E-state index is -1.99. The summed E-state index contributed by atoms with van der Waals surface area (Å²) in [7, 11) is -1.99. The molecule has 0 radical (unpaired) electrons. The first-order valence-electron chi connectivity index (χ1n) is 11.1. The molecule has 0 unspecified atom stereocenters. The molecule has 1 saturated carbocycles. The highest BCUT2D eigenvalue weighted by Crippen LogP contribution is 2.51. The van der Waals surface area contributed by atoms with Crippen molar-refractivity contribution in [3.05, 3.63) is 12.2 Å². The second kappa shape index (κ2) is 7.83. The van der Waals surface area contributed by atoms with E-state index in [1.807, 2.05) is 6.92 Å². The number of hydrogen-bond acceptors (Lipinski definition) is 3. The van der Waals surface area contributed by atoms with E-state index >= 15 is 0 Å². The smallest absolute Gasteiger partial charge is 0.192 e. The Hall–Kier alpha value is -0.743. The summed E-state index contributed by atoms with van der Waals surface area (Å²) in [5, 5.41) is 0.112. The molecule has 2 rings (SSSR count). The van der Waals surface area contributed by atoms with Crippen LogP contribution in [0.15, 0.2) is 12.2 Å². The Labute approximate surface area is 173 Å². The number of carbonyl (C=O) groups is 2. The van der Waals surface area contributed by atoms with Gasteiger partial charge in [0.2, 0.25) is 0 Å². The van der Waals surface area contributed by atoms with Crippen molar-refractivity contribution in [2.24, 2.45) is 22.7 Å². The molecule has 4 atom stereocenters. The Bertz CT molecular complexity index is 643. The summed E-state index contributed by atoms with van der Waals surface area (Å²) < 4.78 is 6.84. The summed E-state index contributed by atoms with van der Waals surface area (Å²) in [4.78, 5) is 26.1. The van der Waals surface area contributed by atoms with E-state index in [1.54, 1.807) is 0 Å². The van der Waals surface area contributed by atoms with E-state index in [-0.39, 0.29) is 17.1 Å². The lowest BCUT2D eigenvalue weighted by atomic mass is 9.70. The van der Waals surface area contributed by atoms with Gasteiger partial charge < -0.3 is 4.43 Å². The molecular weight excluding hydrogens is 364 g/mol. The van der Waals surface area contributed by atoms with Crippen LogP contribution in [0.3, 0.4) is 0 Å². The van der Waals surface area contributed by atoms with E-state index < -0.39 is 19.1 Å². The predicted molar refractivity (Wildman–Crippen MR) is 119 cm³/mol. The number of ketones is 2. The van der Waals surface area contributed by atoms with Crippen molar-refractivity contribution >= 4 is 19.9 Å². The maximum Gasteiger partial charge on any atom is 0.192 e. The summed E-state index contributed by atoms with van der Waals surface area (Å²) in [5.74, 6) is 1.05. The van der Waals surface area contributed by atoms with Crippen LogP contribution in [0.25, 0.3) is 0 Å². The summed E-state index contributed by atoms with van der Waals surface area (Å²) in [6.07, 6.45) is 7.90. The van der Waals surface area contributed by atoms with E-state index in [1.165, 1.54) is 0 Å². The highest BCUT2D eigenvalue weighted by Gasteiger charge is 2.55. The summed E-state index contributed by atoms with van der Waals surface area (Å²) >= 11 is 0. The van der Waals surface area contributed by atoms with Gasteiger partial charge in [0.15, 0.2) is 8.32 Å². The molecule has 4 heteroatoms. The lowest BCUT2D eigenvalue weighted by Gasteiger charge is -2.43. The molecule has 0 amide bonds. The zero-order valence-electron chi connectivity index (χ0n) is 19.6. The first-order chi connectivity index (χ1) is 12.6. The van der Waals surface area contributed by atoms with Gasteiger partial charge in [-0.2, -0.15) is 0 Å². The zero-order chi connectivity index (χ0) is 21.5. The molecule has 160 valence electrons. The third-order valence-electron chi connectivity index (χ3n) is 7.95. The number of Topliss-reactive ketones (excluding diaryl/α,β-unsaturated/α-hetero) is 2. The number of allylic oxidation sites excluding steroid dienone is 2. The lowest BCUT2D eigenvalue weighted by molar-refractivity contribution is -0.133. The largest absolute Gasteiger partial charge is 0.413 e. The first-order valence-corrected chi connectivity index (χ1v) is 14.0. The maximum absolute atomic E-state index is 13.5. The molecule has 2 aliphatic carbocycles. The van der Waals surface area contributed by atoms with E-state index in [9.17, 15) is 9.59 Å². The van der Waals surface area contributed by atoms with Crippen LogP contribution in [0.4, 0.5) is 0 Å². The fourth-order valence-corrected chi connectivity index (χ4v) is 5.85. The Kier molecular flexibility index (Phi) is 6.58. The van der Waals surface area contributed by atoms with E-state index in [0.717, 1.165) is 25.7 Å². The average Bonchev–Trinajstić information content (AvgIpc) is 2.80. The Balaban J connectivity index is 2.29. The molecule has 28 heavy (non-hydrogen) atoms. The minimum absolute atomic E-state index is 0.0421. The van der Waals surface area contributed by atoms with Crippen LogP contribution >= 0.6 is 0 Å². The van der Waals surface area contributed by atoms with E-state index in [2.05, 4.69) is 66.8 Å². The molecule has 2 aliphatic rings. The van der Waals surface area contributed by atoms with Crippen LogP contribution in [-0.2, 0) is 14.0 Å². The molecule has 0 N–H and O–H groups in total. The quantitative estimate of drug-likeness (QED) is 0.382. The van der Waals surface area contributed by atoms with Gasteiger partial charge in [-0.25, -0.2) is 0 Å². The molecule has 0 aromatic heterocycles. The van der Waals surface area contributed by atoms with Crippen molar-refractivity contribution < 1.29 is 14.0 Å². The van der Waals surface area contributed by atoms with Gasteiger partial charge in [0.25, 0.3) is 0 Å². The van der Waals surface area contributed by atoms with Crippen LogP contribution in [0.1, 0.15) is 80.6 Å². The average molecular weight is 407 g/mol. The van der Waals surface area contributed by atoms with Crippen LogP contribution in [0.5, 0.6) is 0 Å². The topological polar surface area (TPSA) is 43.4 Å². The monoisotopic (exact) mass is 406 g/mol. The van der Waals surface area contributed by atoms with Crippen LogP contribution < -0.4 is 0 Å². The summed E-state index contributed by atoms with van der Waals surface area (Å²) in [6.45, 7) is 19.7. The molecule has 0 aromatic carbocycles. The van der Waals surface area contributed by atoms with Crippen LogP contribution in [0.2, 0.25) is 18.1 Å². The number of rotatable bonds is 6. The molecule has 0 saturated heterocycles. The molecule has 1 fully saturated rings. The SMILES string of the molecule is CC(C)[C@H]1C[C@@H](O[Si](C)(C)C(C)(C)C)[C@](C)(CC[C@]2(C)C=CCCC2=O)C1=O. The number of carbonyl (C=O) groups excluding carboxylic acids is 2. The maximum atomic E-state index is 13.5. The standard InChI is InChI=1S/C24H42O3Si/c1-17(2)18-16-20(27-28(8,9)22(3,4)5)24(7,21(18)26)15-14-23(6)13-11-10-12-19(23)25/h11,13,17-18,20H,10,12,14-16H2,1-9H3/t18-,20-,23+,24+/m1/s1. The van der Waals surface area contributed by atoms with Crippen molar-refractivity contribution in [2.75, 3.05) is 0 Å². The highest BCUT2D eigenvalue weighted by atomic mass is 28.4. The number of hydrogen-bond donors (Lipinski definition) is 0. The van der Waals surface area contributed by atoms with Crippen molar-refractivity contribution in [1.82, 2.24) is 0 Å². The van der Waals surface area contributed by atoms with Gasteiger partial charge in [0.05, 0.1) is 11.5 Å². The Morgan fingerprint density at radius 2 is 1.79 bits per heavy atom. The highest BCUT2D eigenvalue weighted by molar-refractivity contribution is 6.74. The fourth-order valence-electron chi connectivity index (χ4n) is 4.43. The van der Waals surface area contributed by atoms with E-state index in [0.29, 0.717) is 23.9 Å². The summed E-state index contributed by atoms with van der Waals surface area (Å²) in [5.41, 5.74) is -0.933. The van der Waals surface area contributed by atoms with Crippen LogP contribution in [-0.4, -0.2) is 26.0 Å². The van der Waals surface area contributed by atoms with Gasteiger partial charge >= 0.3 is 0 Å². The van der Waals surface area contributed by atoms with Crippen molar-refractivity contribution in [3.8, 4) is 0 Å².